The Morgan fingerprint density at radius 2 is 1.76 bits per heavy atom. The Labute approximate surface area is 146 Å². The van der Waals surface area contributed by atoms with Gasteiger partial charge in [0.2, 0.25) is 0 Å². The van der Waals surface area contributed by atoms with Crippen LogP contribution < -0.4 is 5.56 Å². The number of nitrogens with one attached hydrogen (secondary N) is 1. The molecule has 4 rings (SSSR count). The summed E-state index contributed by atoms with van der Waals surface area (Å²) in [4.78, 5) is 35.7. The van der Waals surface area contributed by atoms with Crippen molar-refractivity contribution in [3.05, 3.63) is 39.6 Å². The van der Waals surface area contributed by atoms with E-state index in [1.54, 1.807) is 0 Å². The van der Waals surface area contributed by atoms with Crippen LogP contribution in [0.5, 0.6) is 0 Å². The first-order valence-corrected chi connectivity index (χ1v) is 8.93. The molecule has 2 aromatic heterocycles. The summed E-state index contributed by atoms with van der Waals surface area (Å²) in [5.74, 6) is 1.38. The molecule has 0 aromatic carbocycles. The van der Waals surface area contributed by atoms with Gasteiger partial charge in [0.1, 0.15) is 5.69 Å². The van der Waals surface area contributed by atoms with Crippen LogP contribution in [0.25, 0.3) is 5.95 Å². The predicted octanol–water partition coefficient (Wildman–Crippen LogP) is 1.83. The van der Waals surface area contributed by atoms with Crippen LogP contribution in [0.2, 0.25) is 0 Å². The zero-order valence-corrected chi connectivity index (χ0v) is 14.7. The van der Waals surface area contributed by atoms with Gasteiger partial charge in [-0.2, -0.15) is 4.68 Å². The summed E-state index contributed by atoms with van der Waals surface area (Å²) in [6, 6.07) is 3.20. The van der Waals surface area contributed by atoms with Crippen LogP contribution in [0.3, 0.4) is 0 Å². The Bertz CT molecular complexity index is 836. The summed E-state index contributed by atoms with van der Waals surface area (Å²) in [6.45, 7) is 5.29. The quantitative estimate of drug-likeness (QED) is 0.903. The van der Waals surface area contributed by atoms with E-state index in [1.807, 2.05) is 24.8 Å². The summed E-state index contributed by atoms with van der Waals surface area (Å²) in [5.41, 5.74) is 1.56. The van der Waals surface area contributed by atoms with Crippen LogP contribution >= 0.6 is 0 Å². The molecule has 1 aliphatic heterocycles. The zero-order valence-electron chi connectivity index (χ0n) is 14.7. The van der Waals surface area contributed by atoms with Gasteiger partial charge in [-0.05, 0) is 51.0 Å². The standard InChI is InChI=1S/C18H23N5O2/c1-11-6-12(2)20-18(19-11)23-16(24)8-15(21-23)17(25)22-9-13-4-3-5-14(7-13)10-22/h6,8,13-14,21H,3-5,7,9-10H2,1-2H3. The highest BCUT2D eigenvalue weighted by Gasteiger charge is 2.33. The van der Waals surface area contributed by atoms with Crippen molar-refractivity contribution in [2.75, 3.05) is 13.1 Å². The van der Waals surface area contributed by atoms with E-state index >= 15 is 0 Å². The predicted molar refractivity (Wildman–Crippen MR) is 92.8 cm³/mol. The highest BCUT2D eigenvalue weighted by Crippen LogP contribution is 2.34. The van der Waals surface area contributed by atoms with Gasteiger partial charge in [0.25, 0.3) is 17.4 Å². The molecule has 7 heteroatoms. The molecule has 2 fully saturated rings. The highest BCUT2D eigenvalue weighted by atomic mass is 16.2. The van der Waals surface area contributed by atoms with Crippen LogP contribution in [0.4, 0.5) is 0 Å². The number of rotatable bonds is 2. The topological polar surface area (TPSA) is 83.9 Å². The fourth-order valence-electron chi connectivity index (χ4n) is 4.23. The summed E-state index contributed by atoms with van der Waals surface area (Å²) in [6.07, 6.45) is 4.91. The molecule has 1 saturated heterocycles. The average Bonchev–Trinajstić information content (AvgIpc) is 2.94. The molecule has 1 amide bonds. The van der Waals surface area contributed by atoms with E-state index < -0.39 is 0 Å². The molecule has 132 valence electrons. The number of aromatic nitrogens is 4. The van der Waals surface area contributed by atoms with Gasteiger partial charge in [0.05, 0.1) is 0 Å². The molecule has 1 aliphatic carbocycles. The molecule has 1 N–H and O–H groups in total. The SMILES string of the molecule is Cc1cc(C)nc(-n2[nH]c(C(=O)N3CC4CCCC(C4)C3)cc2=O)n1. The van der Waals surface area contributed by atoms with Crippen LogP contribution in [-0.2, 0) is 0 Å². The van der Waals surface area contributed by atoms with Crippen molar-refractivity contribution >= 4 is 5.91 Å². The van der Waals surface area contributed by atoms with Crippen LogP contribution in [0, 0.1) is 25.7 Å². The molecule has 2 bridgehead atoms. The fourth-order valence-corrected chi connectivity index (χ4v) is 4.23. The molecule has 3 heterocycles. The second-order valence-electron chi connectivity index (χ2n) is 7.40. The Kier molecular flexibility index (Phi) is 3.94. The number of aryl methyl sites for hydroxylation is 2. The van der Waals surface area contributed by atoms with Crippen molar-refractivity contribution in [1.82, 2.24) is 24.6 Å². The van der Waals surface area contributed by atoms with Crippen molar-refractivity contribution in [3.8, 4) is 5.95 Å². The van der Waals surface area contributed by atoms with Gasteiger partial charge < -0.3 is 4.90 Å². The molecule has 7 nitrogen and oxygen atoms in total. The number of carbonyl (C=O) groups excluding carboxylic acids is 1. The van der Waals surface area contributed by atoms with Crippen LogP contribution in [0.1, 0.15) is 47.6 Å². The van der Waals surface area contributed by atoms with E-state index in [-0.39, 0.29) is 17.4 Å². The van der Waals surface area contributed by atoms with E-state index in [0.29, 0.717) is 17.5 Å². The molecule has 0 spiro atoms. The van der Waals surface area contributed by atoms with E-state index in [4.69, 9.17) is 0 Å². The number of aromatic amines is 1. The number of piperidine rings is 1. The van der Waals surface area contributed by atoms with Gasteiger partial charge in [-0.15, -0.1) is 0 Å². The van der Waals surface area contributed by atoms with Gasteiger partial charge in [-0.1, -0.05) is 6.42 Å². The second-order valence-corrected chi connectivity index (χ2v) is 7.40. The zero-order chi connectivity index (χ0) is 17.6. The molecule has 2 atom stereocenters. The van der Waals surface area contributed by atoms with Gasteiger partial charge in [-0.3, -0.25) is 14.7 Å². The monoisotopic (exact) mass is 341 g/mol. The smallest absolute Gasteiger partial charge is 0.274 e. The summed E-state index contributed by atoms with van der Waals surface area (Å²) in [5, 5.41) is 2.90. The third-order valence-corrected chi connectivity index (χ3v) is 5.26. The number of nitrogens with zero attached hydrogens (tertiary/aromatic N) is 4. The lowest BCUT2D eigenvalue weighted by molar-refractivity contribution is 0.0498. The van der Waals surface area contributed by atoms with E-state index in [9.17, 15) is 9.59 Å². The van der Waals surface area contributed by atoms with Crippen LogP contribution in [-0.4, -0.2) is 43.6 Å². The van der Waals surface area contributed by atoms with Crippen molar-refractivity contribution in [2.45, 2.75) is 39.5 Å². The minimum Gasteiger partial charge on any atom is -0.337 e. The van der Waals surface area contributed by atoms with Crippen molar-refractivity contribution in [1.29, 1.82) is 0 Å². The lowest BCUT2D eigenvalue weighted by atomic mass is 9.78. The number of H-pyrrole nitrogens is 1. The minimum atomic E-state index is -0.314. The lowest BCUT2D eigenvalue weighted by Gasteiger charge is -2.41. The minimum absolute atomic E-state index is 0.100. The number of hydrogen-bond acceptors (Lipinski definition) is 4. The lowest BCUT2D eigenvalue weighted by Crippen LogP contribution is -2.45. The maximum absolute atomic E-state index is 12.9. The third-order valence-electron chi connectivity index (χ3n) is 5.26. The van der Waals surface area contributed by atoms with E-state index in [1.165, 1.54) is 36.4 Å². The number of carbonyl (C=O) groups is 1. The molecule has 2 aliphatic rings. The molecular formula is C18H23N5O2. The van der Waals surface area contributed by atoms with E-state index in [0.717, 1.165) is 24.5 Å². The largest absolute Gasteiger partial charge is 0.337 e. The summed E-state index contributed by atoms with van der Waals surface area (Å²) >= 11 is 0. The number of hydrogen-bond donors (Lipinski definition) is 1. The van der Waals surface area contributed by atoms with Crippen molar-refractivity contribution in [2.24, 2.45) is 11.8 Å². The third kappa shape index (κ3) is 3.10. The maximum atomic E-state index is 12.9. The molecule has 2 aromatic rings. The Balaban J connectivity index is 1.61. The number of likely N-dealkylation sites (tertiary alicyclic amines) is 1. The van der Waals surface area contributed by atoms with Gasteiger partial charge >= 0.3 is 0 Å². The van der Waals surface area contributed by atoms with Crippen molar-refractivity contribution in [3.63, 3.8) is 0 Å². The van der Waals surface area contributed by atoms with E-state index in [2.05, 4.69) is 15.1 Å². The van der Waals surface area contributed by atoms with Crippen molar-refractivity contribution < 1.29 is 4.79 Å². The normalized spacial score (nSPS) is 22.9. The Morgan fingerprint density at radius 1 is 1.12 bits per heavy atom. The van der Waals surface area contributed by atoms with Gasteiger partial charge in [0, 0.05) is 30.5 Å². The average molecular weight is 341 g/mol. The number of amides is 1. The van der Waals surface area contributed by atoms with Gasteiger partial charge in [0.15, 0.2) is 0 Å². The molecule has 0 radical (unpaired) electrons. The molecule has 25 heavy (non-hydrogen) atoms. The Hall–Kier alpha value is -2.44. The van der Waals surface area contributed by atoms with Crippen LogP contribution in [0.15, 0.2) is 16.9 Å². The first-order valence-electron chi connectivity index (χ1n) is 8.93. The number of fused-ring (bicyclic) bond motifs is 2. The van der Waals surface area contributed by atoms with Gasteiger partial charge in [-0.25, -0.2) is 9.97 Å². The summed E-state index contributed by atoms with van der Waals surface area (Å²) in [7, 11) is 0. The molecule has 1 saturated carbocycles. The maximum Gasteiger partial charge on any atom is 0.274 e. The summed E-state index contributed by atoms with van der Waals surface area (Å²) < 4.78 is 1.25. The Morgan fingerprint density at radius 3 is 2.40 bits per heavy atom. The highest BCUT2D eigenvalue weighted by molar-refractivity contribution is 5.92. The molecular weight excluding hydrogens is 318 g/mol. The fraction of sp³-hybridized carbons (Fsp3) is 0.556. The second kappa shape index (κ2) is 6.13. The first-order chi connectivity index (χ1) is 12.0. The first kappa shape index (κ1) is 16.1. The molecule has 2 unspecified atom stereocenters.